The van der Waals surface area contributed by atoms with Crippen molar-refractivity contribution in [3.8, 4) is 17.1 Å². The lowest BCUT2D eigenvalue weighted by atomic mass is 10.1. The first-order valence-electron chi connectivity index (χ1n) is 11.5. The number of aromatic nitrogens is 2. The van der Waals surface area contributed by atoms with Gasteiger partial charge in [-0.3, -0.25) is 4.99 Å². The minimum Gasteiger partial charge on any atom is -0.478 e. The summed E-state index contributed by atoms with van der Waals surface area (Å²) in [5, 5.41) is 22.5. The van der Waals surface area contributed by atoms with Crippen molar-refractivity contribution < 1.29 is 19.8 Å². The Kier molecular flexibility index (Phi) is 6.36. The maximum Gasteiger partial charge on any atom is 0.335 e. The first-order chi connectivity index (χ1) is 17.9. The first kappa shape index (κ1) is 23.7. The molecule has 3 aromatic carbocycles. The molecule has 1 aliphatic heterocycles. The van der Waals surface area contributed by atoms with Gasteiger partial charge in [-0.25, -0.2) is 14.6 Å². The third-order valence-electron chi connectivity index (χ3n) is 5.89. The van der Waals surface area contributed by atoms with E-state index in [0.29, 0.717) is 35.5 Å². The van der Waals surface area contributed by atoms with Crippen molar-refractivity contribution in [1.29, 1.82) is 0 Å². The second-order valence-electron chi connectivity index (χ2n) is 8.32. The number of nitrogens with two attached hydrogens (primary N) is 1. The fourth-order valence-corrected chi connectivity index (χ4v) is 4.14. The van der Waals surface area contributed by atoms with Gasteiger partial charge in [0, 0.05) is 17.9 Å². The van der Waals surface area contributed by atoms with Crippen LogP contribution < -0.4 is 16.4 Å². The number of hydrogen-bond donors (Lipinski definition) is 4. The summed E-state index contributed by atoms with van der Waals surface area (Å²) in [7, 11) is 0. The Bertz CT molecular complexity index is 1660. The fourth-order valence-electron chi connectivity index (χ4n) is 4.14. The van der Waals surface area contributed by atoms with Crippen LogP contribution in [0.25, 0.3) is 28.1 Å². The highest BCUT2D eigenvalue weighted by Crippen LogP contribution is 2.30. The van der Waals surface area contributed by atoms with Gasteiger partial charge in [0.25, 0.3) is 0 Å². The second-order valence-corrected chi connectivity index (χ2v) is 8.32. The van der Waals surface area contributed by atoms with Crippen LogP contribution in [0.5, 0.6) is 0 Å². The molecule has 0 fully saturated rings. The van der Waals surface area contributed by atoms with Crippen molar-refractivity contribution in [2.24, 2.45) is 10.7 Å². The predicted molar refractivity (Wildman–Crippen MR) is 141 cm³/mol. The lowest BCUT2D eigenvalue weighted by molar-refractivity contribution is 0.0686. The fraction of sp³-hybridized carbons (Fsp3) is 0.0714. The van der Waals surface area contributed by atoms with E-state index in [2.05, 4.69) is 10.3 Å². The Balaban J connectivity index is 1.72. The number of carbonyl (C=O) groups is 2. The van der Waals surface area contributed by atoms with Crippen LogP contribution in [0.15, 0.2) is 89.9 Å². The van der Waals surface area contributed by atoms with Crippen LogP contribution >= 0.6 is 0 Å². The first-order valence-corrected chi connectivity index (χ1v) is 11.5. The van der Waals surface area contributed by atoms with E-state index in [9.17, 15) is 19.8 Å². The van der Waals surface area contributed by atoms with Gasteiger partial charge in [0.15, 0.2) is 0 Å². The number of nitrogens with one attached hydrogen (secondary N) is 1. The number of carboxylic acid groups (broad SMARTS) is 2. The smallest absolute Gasteiger partial charge is 0.335 e. The quantitative estimate of drug-likeness (QED) is 0.250. The van der Waals surface area contributed by atoms with Crippen LogP contribution in [-0.2, 0) is 0 Å². The van der Waals surface area contributed by atoms with E-state index >= 15 is 0 Å². The van der Waals surface area contributed by atoms with Gasteiger partial charge in [-0.1, -0.05) is 12.1 Å². The lowest BCUT2D eigenvalue weighted by Gasteiger charge is -2.20. The summed E-state index contributed by atoms with van der Waals surface area (Å²) < 4.78 is 2.02. The average Bonchev–Trinajstić information content (AvgIpc) is 2.91. The summed E-state index contributed by atoms with van der Waals surface area (Å²) in [6.07, 6.45) is 0. The molecule has 0 spiro atoms. The highest BCUT2D eigenvalue weighted by atomic mass is 16.4. The molecule has 0 amide bonds. The third-order valence-corrected chi connectivity index (χ3v) is 5.89. The van der Waals surface area contributed by atoms with Gasteiger partial charge in [-0.05, 0) is 72.8 Å². The average molecular weight is 494 g/mol. The molecule has 0 atom stereocenters. The van der Waals surface area contributed by atoms with E-state index in [0.717, 1.165) is 22.4 Å². The van der Waals surface area contributed by atoms with E-state index in [1.165, 1.54) is 12.1 Å². The molecule has 9 nitrogen and oxygen atoms in total. The maximum atomic E-state index is 11.4. The number of rotatable bonds is 7. The van der Waals surface area contributed by atoms with Crippen molar-refractivity contribution >= 4 is 34.3 Å². The topological polar surface area (TPSA) is 143 Å². The number of aromatic carboxylic acids is 2. The van der Waals surface area contributed by atoms with E-state index in [1.54, 1.807) is 36.4 Å². The largest absolute Gasteiger partial charge is 0.478 e. The number of carboxylic acids is 2. The molecule has 1 heterocycles. The molecule has 5 rings (SSSR count). The number of para-hydroxylation sites is 2. The molecular formula is C28H23N5O4. The molecule has 184 valence electrons. The minimum atomic E-state index is -0.993. The number of fused-ring (bicyclic) bond motifs is 2. The Hall–Kier alpha value is -5.02. The molecule has 1 aliphatic carbocycles. The highest BCUT2D eigenvalue weighted by Gasteiger charge is 2.17. The summed E-state index contributed by atoms with van der Waals surface area (Å²) >= 11 is 0. The van der Waals surface area contributed by atoms with Crippen molar-refractivity contribution in [1.82, 2.24) is 9.55 Å². The van der Waals surface area contributed by atoms with E-state index in [4.69, 9.17) is 10.7 Å². The zero-order chi connectivity index (χ0) is 25.9. The Morgan fingerprint density at radius 1 is 0.892 bits per heavy atom. The van der Waals surface area contributed by atoms with Gasteiger partial charge in [-0.15, -0.1) is 0 Å². The van der Waals surface area contributed by atoms with E-state index < -0.39 is 11.9 Å². The molecular weight excluding hydrogens is 470 g/mol. The number of benzene rings is 4. The van der Waals surface area contributed by atoms with Gasteiger partial charge in [0.05, 0.1) is 51.1 Å². The number of nitrogens with zero attached hydrogens (tertiary/aromatic N) is 3. The second kappa shape index (κ2) is 9.92. The van der Waals surface area contributed by atoms with Crippen LogP contribution in [0.2, 0.25) is 0 Å². The van der Waals surface area contributed by atoms with E-state index in [-0.39, 0.29) is 11.1 Å². The lowest BCUT2D eigenvalue weighted by Crippen LogP contribution is -2.17. The van der Waals surface area contributed by atoms with Gasteiger partial charge in [0.2, 0.25) is 0 Å². The zero-order valence-electron chi connectivity index (χ0n) is 19.6. The van der Waals surface area contributed by atoms with Crippen molar-refractivity contribution in [3.05, 3.63) is 101 Å². The SMILES string of the molecule is NCC/N=c1/cc2n(-c3ccc(C(=O)O)cc3)c3ccccc3nc-2cc1Nc1ccc(C(=O)O)cc1. The minimum absolute atomic E-state index is 0.195. The van der Waals surface area contributed by atoms with Gasteiger partial charge in [-0.2, -0.15) is 0 Å². The summed E-state index contributed by atoms with van der Waals surface area (Å²) in [6, 6.07) is 24.6. The standard InChI is InChI=1S/C28H23N5O4/c29-13-14-30-22-16-26-24(15-23(22)31-19-9-5-17(6-10-19)27(34)35)32-21-3-1-2-4-25(21)33(26)20-11-7-18(8-12-20)28(36)37/h1-12,15-16,31H,13-14,29H2,(H,34,35)(H,36,37)/b30-22-. The molecule has 0 unspecified atom stereocenters. The molecule has 2 aliphatic rings. The van der Waals surface area contributed by atoms with Crippen LogP contribution in [0, 0.1) is 0 Å². The van der Waals surface area contributed by atoms with Crippen LogP contribution in [0.1, 0.15) is 20.7 Å². The van der Waals surface area contributed by atoms with Crippen molar-refractivity contribution in [2.45, 2.75) is 0 Å². The highest BCUT2D eigenvalue weighted by molar-refractivity contribution is 5.89. The summed E-state index contributed by atoms with van der Waals surface area (Å²) in [5.74, 6) is -1.98. The molecule has 9 heteroatoms. The molecule has 3 aromatic rings. The monoisotopic (exact) mass is 493 g/mol. The molecule has 0 radical (unpaired) electrons. The molecule has 37 heavy (non-hydrogen) atoms. The van der Waals surface area contributed by atoms with E-state index in [1.807, 2.05) is 41.0 Å². The zero-order valence-corrected chi connectivity index (χ0v) is 19.6. The number of hydrogen-bond acceptors (Lipinski definition) is 6. The molecule has 0 aromatic heterocycles. The van der Waals surface area contributed by atoms with Crippen LogP contribution in [0.4, 0.5) is 11.4 Å². The third kappa shape index (κ3) is 4.75. The summed E-state index contributed by atoms with van der Waals surface area (Å²) in [6.45, 7) is 0.782. The summed E-state index contributed by atoms with van der Waals surface area (Å²) in [5.41, 5.74) is 11.4. The molecule has 0 bridgehead atoms. The Labute approximate surface area is 211 Å². The number of anilines is 2. The predicted octanol–water partition coefficient (Wildman–Crippen LogP) is 4.13. The van der Waals surface area contributed by atoms with Crippen molar-refractivity contribution in [2.75, 3.05) is 18.4 Å². The molecule has 0 saturated heterocycles. The molecule has 0 saturated carbocycles. The molecule has 5 N–H and O–H groups in total. The summed E-state index contributed by atoms with van der Waals surface area (Å²) in [4.78, 5) is 32.1. The normalized spacial score (nSPS) is 11.6. The van der Waals surface area contributed by atoms with Crippen LogP contribution in [0.3, 0.4) is 0 Å². The maximum absolute atomic E-state index is 11.4. The van der Waals surface area contributed by atoms with Gasteiger partial charge in [0.1, 0.15) is 0 Å². The van der Waals surface area contributed by atoms with Gasteiger partial charge < -0.3 is 25.8 Å². The van der Waals surface area contributed by atoms with Crippen molar-refractivity contribution in [3.63, 3.8) is 0 Å². The Morgan fingerprint density at radius 3 is 2.19 bits per heavy atom. The van der Waals surface area contributed by atoms with Gasteiger partial charge >= 0.3 is 11.9 Å². The van der Waals surface area contributed by atoms with Crippen LogP contribution in [-0.4, -0.2) is 44.8 Å². The Morgan fingerprint density at radius 2 is 1.54 bits per heavy atom.